The summed E-state index contributed by atoms with van der Waals surface area (Å²) >= 11 is 0. The molecule has 2 aromatic rings. The summed E-state index contributed by atoms with van der Waals surface area (Å²) in [7, 11) is 0. The first kappa shape index (κ1) is 13.0. The molecular formula is C14H12N4O3. The topological polar surface area (TPSA) is 102 Å². The SMILES string of the molecule is Nc1cc(C(=O)N2CCc3ccccc32)c([N+](=O)[O-])cn1. The van der Waals surface area contributed by atoms with E-state index in [1.807, 2.05) is 24.3 Å². The number of nitro groups is 1. The van der Waals surface area contributed by atoms with Crippen molar-refractivity contribution in [3.63, 3.8) is 0 Å². The summed E-state index contributed by atoms with van der Waals surface area (Å²) in [6.07, 6.45) is 1.75. The van der Waals surface area contributed by atoms with Gasteiger partial charge in [-0.15, -0.1) is 0 Å². The zero-order chi connectivity index (χ0) is 15.0. The summed E-state index contributed by atoms with van der Waals surface area (Å²) in [4.78, 5) is 28.3. The number of nitrogens with two attached hydrogens (primary N) is 1. The molecule has 0 bridgehead atoms. The van der Waals surface area contributed by atoms with Gasteiger partial charge in [0.2, 0.25) is 0 Å². The van der Waals surface area contributed by atoms with Gasteiger partial charge in [0.05, 0.1) is 4.92 Å². The molecule has 0 fully saturated rings. The zero-order valence-electron chi connectivity index (χ0n) is 11.0. The monoisotopic (exact) mass is 284 g/mol. The van der Waals surface area contributed by atoms with Crippen molar-refractivity contribution in [2.24, 2.45) is 0 Å². The Labute approximate surface area is 120 Å². The van der Waals surface area contributed by atoms with Crippen molar-refractivity contribution >= 4 is 23.1 Å². The number of fused-ring (bicyclic) bond motifs is 1. The minimum atomic E-state index is -0.623. The number of amides is 1. The van der Waals surface area contributed by atoms with E-state index in [0.29, 0.717) is 6.54 Å². The van der Waals surface area contributed by atoms with Crippen LogP contribution in [0.5, 0.6) is 0 Å². The van der Waals surface area contributed by atoms with E-state index in [0.717, 1.165) is 23.9 Å². The molecule has 1 aromatic carbocycles. The van der Waals surface area contributed by atoms with Gasteiger partial charge in [0.25, 0.3) is 11.6 Å². The standard InChI is InChI=1S/C14H12N4O3/c15-13-7-10(12(8-16-13)18(20)21)14(19)17-6-5-9-3-1-2-4-11(9)17/h1-4,7-8H,5-6H2,(H2,15,16). The molecule has 21 heavy (non-hydrogen) atoms. The fraction of sp³-hybridized carbons (Fsp3) is 0.143. The molecule has 2 heterocycles. The average Bonchev–Trinajstić information content (AvgIpc) is 2.90. The number of hydrogen-bond donors (Lipinski definition) is 1. The van der Waals surface area contributed by atoms with Crippen molar-refractivity contribution in [2.45, 2.75) is 6.42 Å². The highest BCUT2D eigenvalue weighted by Gasteiger charge is 2.30. The fourth-order valence-electron chi connectivity index (χ4n) is 2.48. The number of carbonyl (C=O) groups excluding carboxylic acids is 1. The van der Waals surface area contributed by atoms with Gasteiger partial charge in [0, 0.05) is 12.2 Å². The number of para-hydroxylation sites is 1. The van der Waals surface area contributed by atoms with E-state index in [2.05, 4.69) is 4.98 Å². The number of aromatic nitrogens is 1. The van der Waals surface area contributed by atoms with Crippen LogP contribution < -0.4 is 10.6 Å². The molecule has 7 heteroatoms. The Morgan fingerprint density at radius 2 is 2.14 bits per heavy atom. The van der Waals surface area contributed by atoms with Crippen LogP contribution in [0.1, 0.15) is 15.9 Å². The molecule has 1 aliphatic rings. The maximum Gasteiger partial charge on any atom is 0.300 e. The molecule has 0 atom stereocenters. The molecule has 1 aliphatic heterocycles. The van der Waals surface area contributed by atoms with Crippen molar-refractivity contribution in [1.29, 1.82) is 0 Å². The van der Waals surface area contributed by atoms with E-state index in [1.54, 1.807) is 0 Å². The van der Waals surface area contributed by atoms with Crippen molar-refractivity contribution in [1.82, 2.24) is 4.98 Å². The fourth-order valence-corrected chi connectivity index (χ4v) is 2.48. The molecule has 2 N–H and O–H groups in total. The minimum absolute atomic E-state index is 0.0378. The van der Waals surface area contributed by atoms with Gasteiger partial charge in [-0.3, -0.25) is 14.9 Å². The number of carbonyl (C=O) groups is 1. The number of benzene rings is 1. The number of anilines is 2. The average molecular weight is 284 g/mol. The Balaban J connectivity index is 2.04. The second-order valence-electron chi connectivity index (χ2n) is 4.72. The third-order valence-electron chi connectivity index (χ3n) is 3.46. The van der Waals surface area contributed by atoms with E-state index in [9.17, 15) is 14.9 Å². The molecule has 3 rings (SSSR count). The Kier molecular flexibility index (Phi) is 3.02. The molecular weight excluding hydrogens is 272 g/mol. The predicted octanol–water partition coefficient (Wildman–Crippen LogP) is 1.77. The van der Waals surface area contributed by atoms with Gasteiger partial charge >= 0.3 is 0 Å². The number of nitrogen functional groups attached to an aromatic ring is 1. The van der Waals surface area contributed by atoms with Gasteiger partial charge in [-0.25, -0.2) is 4.98 Å². The van der Waals surface area contributed by atoms with Gasteiger partial charge in [-0.05, 0) is 24.1 Å². The summed E-state index contributed by atoms with van der Waals surface area (Å²) < 4.78 is 0. The van der Waals surface area contributed by atoms with Gasteiger partial charge in [0.15, 0.2) is 0 Å². The molecule has 7 nitrogen and oxygen atoms in total. The Bertz CT molecular complexity index is 745. The third-order valence-corrected chi connectivity index (χ3v) is 3.46. The van der Waals surface area contributed by atoms with Crippen LogP contribution in [0, 0.1) is 10.1 Å². The van der Waals surface area contributed by atoms with E-state index < -0.39 is 10.8 Å². The summed E-state index contributed by atoms with van der Waals surface area (Å²) in [5.41, 5.74) is 7.02. The smallest absolute Gasteiger partial charge is 0.300 e. The first-order valence-electron chi connectivity index (χ1n) is 6.37. The number of nitrogens with zero attached hydrogens (tertiary/aromatic N) is 3. The van der Waals surface area contributed by atoms with Crippen LogP contribution in [-0.2, 0) is 6.42 Å². The van der Waals surface area contributed by atoms with Crippen molar-refractivity contribution in [3.05, 3.63) is 57.8 Å². The first-order chi connectivity index (χ1) is 10.1. The molecule has 0 saturated heterocycles. The highest BCUT2D eigenvalue weighted by molar-refractivity contribution is 6.10. The lowest BCUT2D eigenvalue weighted by atomic mass is 10.1. The third kappa shape index (κ3) is 2.18. The Morgan fingerprint density at radius 3 is 2.90 bits per heavy atom. The quantitative estimate of drug-likeness (QED) is 0.668. The molecule has 0 aliphatic carbocycles. The van der Waals surface area contributed by atoms with Crippen LogP contribution in [0.15, 0.2) is 36.5 Å². The van der Waals surface area contributed by atoms with Crippen LogP contribution in [0.25, 0.3) is 0 Å². The summed E-state index contributed by atoms with van der Waals surface area (Å²) in [5.74, 6) is -0.350. The number of hydrogen-bond acceptors (Lipinski definition) is 5. The molecule has 1 amide bonds. The van der Waals surface area contributed by atoms with Crippen LogP contribution in [0.2, 0.25) is 0 Å². The summed E-state index contributed by atoms with van der Waals surface area (Å²) in [5, 5.41) is 11.1. The van der Waals surface area contributed by atoms with Crippen LogP contribution in [0.4, 0.5) is 17.2 Å². The predicted molar refractivity (Wildman–Crippen MR) is 77.1 cm³/mol. The van der Waals surface area contributed by atoms with Gasteiger partial charge in [0.1, 0.15) is 17.6 Å². The molecule has 0 radical (unpaired) electrons. The summed E-state index contributed by atoms with van der Waals surface area (Å²) in [6.45, 7) is 0.498. The van der Waals surface area contributed by atoms with Gasteiger partial charge in [-0.2, -0.15) is 0 Å². The second kappa shape index (κ2) is 4.86. The number of rotatable bonds is 2. The van der Waals surface area contributed by atoms with Gasteiger partial charge < -0.3 is 10.6 Å². The maximum atomic E-state index is 12.6. The molecule has 0 saturated carbocycles. The van der Waals surface area contributed by atoms with E-state index in [4.69, 9.17) is 5.73 Å². The molecule has 0 unspecified atom stereocenters. The lowest BCUT2D eigenvalue weighted by Crippen LogP contribution is -2.29. The lowest BCUT2D eigenvalue weighted by Gasteiger charge is -2.17. The second-order valence-corrected chi connectivity index (χ2v) is 4.72. The van der Waals surface area contributed by atoms with E-state index >= 15 is 0 Å². The maximum absolute atomic E-state index is 12.6. The van der Waals surface area contributed by atoms with Gasteiger partial charge in [-0.1, -0.05) is 18.2 Å². The molecule has 0 spiro atoms. The van der Waals surface area contributed by atoms with E-state index in [1.165, 1.54) is 11.0 Å². The molecule has 106 valence electrons. The Morgan fingerprint density at radius 1 is 1.38 bits per heavy atom. The lowest BCUT2D eigenvalue weighted by molar-refractivity contribution is -0.385. The van der Waals surface area contributed by atoms with Crippen LogP contribution >= 0.6 is 0 Å². The highest BCUT2D eigenvalue weighted by atomic mass is 16.6. The highest BCUT2D eigenvalue weighted by Crippen LogP contribution is 2.31. The van der Waals surface area contributed by atoms with Crippen molar-refractivity contribution in [2.75, 3.05) is 17.2 Å². The first-order valence-corrected chi connectivity index (χ1v) is 6.37. The number of pyridine rings is 1. The molecule has 1 aromatic heterocycles. The Hall–Kier alpha value is -2.96. The summed E-state index contributed by atoms with van der Waals surface area (Å²) in [6, 6.07) is 8.76. The largest absolute Gasteiger partial charge is 0.384 e. The minimum Gasteiger partial charge on any atom is -0.384 e. The zero-order valence-corrected chi connectivity index (χ0v) is 11.0. The normalized spacial score (nSPS) is 13.0. The van der Waals surface area contributed by atoms with Crippen LogP contribution in [-0.4, -0.2) is 22.4 Å². The van der Waals surface area contributed by atoms with Crippen LogP contribution in [0.3, 0.4) is 0 Å². The van der Waals surface area contributed by atoms with E-state index in [-0.39, 0.29) is 17.1 Å². The van der Waals surface area contributed by atoms with Crippen molar-refractivity contribution in [3.8, 4) is 0 Å². The van der Waals surface area contributed by atoms with Crippen molar-refractivity contribution < 1.29 is 9.72 Å².